The Morgan fingerprint density at radius 1 is 1.23 bits per heavy atom. The van der Waals surface area contributed by atoms with Crippen LogP contribution in [0.15, 0.2) is 22.3 Å². The summed E-state index contributed by atoms with van der Waals surface area (Å²) in [5.41, 5.74) is 3.39. The average molecular weight is 319 g/mol. The molecule has 1 aliphatic rings. The number of hydrogen-bond acceptors (Lipinski definition) is 7. The van der Waals surface area contributed by atoms with E-state index >= 15 is 0 Å². The molecule has 1 aromatic heterocycles. The number of tetrazole rings is 1. The summed E-state index contributed by atoms with van der Waals surface area (Å²) in [4.78, 5) is 4.65. The number of ether oxygens (including phenoxy) is 2. The molecule has 22 heavy (non-hydrogen) atoms. The Morgan fingerprint density at radius 2 is 2.00 bits per heavy atom. The van der Waals surface area contributed by atoms with Gasteiger partial charge < -0.3 is 9.47 Å². The zero-order valence-corrected chi connectivity index (χ0v) is 13.6. The predicted molar refractivity (Wildman–Crippen MR) is 84.2 cm³/mol. The summed E-state index contributed by atoms with van der Waals surface area (Å²) in [6.07, 6.45) is 0.912. The van der Waals surface area contributed by atoms with Gasteiger partial charge in [0.2, 0.25) is 5.16 Å². The predicted octanol–water partition coefficient (Wildman–Crippen LogP) is 1.36. The lowest BCUT2D eigenvalue weighted by Gasteiger charge is -2.19. The third-order valence-electron chi connectivity index (χ3n) is 3.52. The van der Waals surface area contributed by atoms with Gasteiger partial charge in [0, 0.05) is 24.9 Å². The van der Waals surface area contributed by atoms with Gasteiger partial charge in [0.15, 0.2) is 11.5 Å². The third-order valence-corrected chi connectivity index (χ3v) is 4.55. The number of fused-ring (bicyclic) bond motifs is 1. The molecule has 1 aromatic carbocycles. The summed E-state index contributed by atoms with van der Waals surface area (Å²) < 4.78 is 12.4. The van der Waals surface area contributed by atoms with E-state index in [1.807, 2.05) is 19.2 Å². The SMILES string of the molecule is COc1cc2c(cc1OC)C(CSc1nnnn1C)=NCC2. The van der Waals surface area contributed by atoms with Gasteiger partial charge in [-0.2, -0.15) is 0 Å². The molecule has 0 amide bonds. The number of aromatic nitrogens is 4. The minimum absolute atomic E-state index is 0.719. The van der Waals surface area contributed by atoms with E-state index in [1.54, 1.807) is 30.7 Å². The molecule has 116 valence electrons. The van der Waals surface area contributed by atoms with Crippen LogP contribution in [0.1, 0.15) is 11.1 Å². The van der Waals surface area contributed by atoms with Gasteiger partial charge in [0.1, 0.15) is 0 Å². The normalized spacial score (nSPS) is 13.5. The summed E-state index contributed by atoms with van der Waals surface area (Å²) in [5.74, 6) is 2.20. The standard InChI is InChI=1S/C14H17N5O2S/c1-19-14(16-17-18-19)22-8-11-10-7-13(21-3)12(20-2)6-9(10)4-5-15-11/h6-7H,4-5,8H2,1-3H3. The lowest BCUT2D eigenvalue weighted by molar-refractivity contribution is 0.354. The molecule has 0 saturated carbocycles. The molecule has 0 unspecified atom stereocenters. The fraction of sp³-hybridized carbons (Fsp3) is 0.429. The molecule has 0 saturated heterocycles. The summed E-state index contributed by atoms with van der Waals surface area (Å²) in [6, 6.07) is 4.04. The van der Waals surface area contributed by atoms with Crippen LogP contribution in [0.5, 0.6) is 11.5 Å². The quantitative estimate of drug-likeness (QED) is 0.775. The van der Waals surface area contributed by atoms with Crippen molar-refractivity contribution in [2.75, 3.05) is 26.5 Å². The Kier molecular flexibility index (Phi) is 4.28. The van der Waals surface area contributed by atoms with E-state index in [1.165, 1.54) is 5.56 Å². The first kappa shape index (κ1) is 14.8. The Balaban J connectivity index is 1.86. The first-order valence-electron chi connectivity index (χ1n) is 6.86. The number of benzene rings is 1. The van der Waals surface area contributed by atoms with E-state index in [-0.39, 0.29) is 0 Å². The van der Waals surface area contributed by atoms with Crippen LogP contribution in [0.2, 0.25) is 0 Å². The van der Waals surface area contributed by atoms with Gasteiger partial charge in [0.05, 0.1) is 19.9 Å². The Morgan fingerprint density at radius 3 is 2.68 bits per heavy atom. The second kappa shape index (κ2) is 6.35. The van der Waals surface area contributed by atoms with Crippen LogP contribution in [0.4, 0.5) is 0 Å². The van der Waals surface area contributed by atoms with Crippen LogP contribution >= 0.6 is 11.8 Å². The van der Waals surface area contributed by atoms with Crippen LogP contribution in [0, 0.1) is 0 Å². The van der Waals surface area contributed by atoms with Crippen LogP contribution in [-0.4, -0.2) is 52.4 Å². The van der Waals surface area contributed by atoms with Gasteiger partial charge >= 0.3 is 0 Å². The maximum Gasteiger partial charge on any atom is 0.209 e. The molecule has 8 heteroatoms. The third kappa shape index (κ3) is 2.78. The van der Waals surface area contributed by atoms with Crippen molar-refractivity contribution in [3.05, 3.63) is 23.3 Å². The Bertz CT molecular complexity index is 713. The minimum atomic E-state index is 0.719. The molecule has 2 aromatic rings. The fourth-order valence-electron chi connectivity index (χ4n) is 2.39. The van der Waals surface area contributed by atoms with Crippen molar-refractivity contribution in [1.29, 1.82) is 0 Å². The van der Waals surface area contributed by atoms with Crippen LogP contribution in [-0.2, 0) is 13.5 Å². The molecule has 0 fully saturated rings. The average Bonchev–Trinajstić information content (AvgIpc) is 2.96. The lowest BCUT2D eigenvalue weighted by Crippen LogP contribution is -2.16. The van der Waals surface area contributed by atoms with Crippen molar-refractivity contribution in [3.8, 4) is 11.5 Å². The highest BCUT2D eigenvalue weighted by Crippen LogP contribution is 2.33. The van der Waals surface area contributed by atoms with E-state index in [4.69, 9.17) is 9.47 Å². The molecular formula is C14H17N5O2S. The van der Waals surface area contributed by atoms with Crippen LogP contribution in [0.25, 0.3) is 0 Å². The topological polar surface area (TPSA) is 74.4 Å². The number of aliphatic imine (C=N–C) groups is 1. The maximum absolute atomic E-state index is 5.40. The van der Waals surface area contributed by atoms with E-state index < -0.39 is 0 Å². The number of aryl methyl sites for hydroxylation is 1. The van der Waals surface area contributed by atoms with E-state index in [0.29, 0.717) is 0 Å². The molecular weight excluding hydrogens is 302 g/mol. The molecule has 0 radical (unpaired) electrons. The van der Waals surface area contributed by atoms with Crippen LogP contribution in [0.3, 0.4) is 0 Å². The van der Waals surface area contributed by atoms with Crippen molar-refractivity contribution in [3.63, 3.8) is 0 Å². The minimum Gasteiger partial charge on any atom is -0.493 e. The lowest BCUT2D eigenvalue weighted by atomic mass is 9.97. The van der Waals surface area contributed by atoms with Gasteiger partial charge in [-0.3, -0.25) is 4.99 Å². The summed E-state index contributed by atoms with van der Waals surface area (Å²) in [5, 5.41) is 12.2. The molecule has 0 N–H and O–H groups in total. The molecule has 3 rings (SSSR count). The van der Waals surface area contributed by atoms with Gasteiger partial charge in [0.25, 0.3) is 0 Å². The Labute approximate surface area is 132 Å². The number of thioether (sulfide) groups is 1. The molecule has 2 heterocycles. The zero-order chi connectivity index (χ0) is 15.5. The molecule has 0 aliphatic carbocycles. The summed E-state index contributed by atoms with van der Waals surface area (Å²) >= 11 is 1.57. The summed E-state index contributed by atoms with van der Waals surface area (Å²) in [6.45, 7) is 0.787. The van der Waals surface area contributed by atoms with E-state index in [2.05, 4.69) is 20.5 Å². The summed E-state index contributed by atoms with van der Waals surface area (Å²) in [7, 11) is 5.12. The maximum atomic E-state index is 5.40. The largest absolute Gasteiger partial charge is 0.493 e. The first-order chi connectivity index (χ1) is 10.7. The molecule has 0 spiro atoms. The zero-order valence-electron chi connectivity index (χ0n) is 12.7. The van der Waals surface area contributed by atoms with Crippen molar-refractivity contribution in [2.45, 2.75) is 11.6 Å². The monoisotopic (exact) mass is 319 g/mol. The number of hydrogen-bond donors (Lipinski definition) is 0. The van der Waals surface area contributed by atoms with Gasteiger partial charge in [-0.1, -0.05) is 11.8 Å². The molecule has 0 atom stereocenters. The highest BCUT2D eigenvalue weighted by atomic mass is 32.2. The molecule has 0 bridgehead atoms. The van der Waals surface area contributed by atoms with Crippen molar-refractivity contribution < 1.29 is 9.47 Å². The smallest absolute Gasteiger partial charge is 0.209 e. The number of nitrogens with zero attached hydrogens (tertiary/aromatic N) is 5. The van der Waals surface area contributed by atoms with Gasteiger partial charge in [-0.15, -0.1) is 5.10 Å². The van der Waals surface area contributed by atoms with Crippen LogP contribution < -0.4 is 9.47 Å². The fourth-order valence-corrected chi connectivity index (χ4v) is 3.22. The second-order valence-corrected chi connectivity index (χ2v) is 5.76. The second-order valence-electron chi connectivity index (χ2n) is 4.82. The highest BCUT2D eigenvalue weighted by Gasteiger charge is 2.19. The van der Waals surface area contributed by atoms with Gasteiger partial charge in [-0.05, 0) is 34.5 Å². The van der Waals surface area contributed by atoms with E-state index in [0.717, 1.165) is 46.6 Å². The van der Waals surface area contributed by atoms with Crippen molar-refractivity contribution >= 4 is 17.5 Å². The van der Waals surface area contributed by atoms with E-state index in [9.17, 15) is 0 Å². The number of rotatable bonds is 5. The number of methoxy groups -OCH3 is 2. The van der Waals surface area contributed by atoms with Crippen molar-refractivity contribution in [1.82, 2.24) is 20.2 Å². The Hall–Kier alpha value is -2.09. The molecule has 7 nitrogen and oxygen atoms in total. The van der Waals surface area contributed by atoms with Gasteiger partial charge in [-0.25, -0.2) is 4.68 Å². The first-order valence-corrected chi connectivity index (χ1v) is 7.85. The highest BCUT2D eigenvalue weighted by molar-refractivity contribution is 7.99. The van der Waals surface area contributed by atoms with Crippen molar-refractivity contribution in [2.24, 2.45) is 12.0 Å². The molecule has 1 aliphatic heterocycles.